The van der Waals surface area contributed by atoms with E-state index in [0.717, 1.165) is 43.5 Å². The van der Waals surface area contributed by atoms with E-state index in [9.17, 15) is 13.2 Å². The van der Waals surface area contributed by atoms with Crippen LogP contribution in [0.4, 0.5) is 13.2 Å². The fraction of sp³-hybridized carbons (Fsp3) is 0.364. The summed E-state index contributed by atoms with van der Waals surface area (Å²) in [6.07, 6.45) is 7.63. The van der Waals surface area contributed by atoms with E-state index in [0.29, 0.717) is 5.56 Å². The Kier molecular flexibility index (Phi) is 5.73. The second-order valence-corrected chi connectivity index (χ2v) is 7.62. The third-order valence-corrected chi connectivity index (χ3v) is 5.63. The summed E-state index contributed by atoms with van der Waals surface area (Å²) < 4.78 is 39.9. The quantitative estimate of drug-likeness (QED) is 0.779. The number of nitrogens with one attached hydrogen (secondary N) is 2. The zero-order valence-corrected chi connectivity index (χ0v) is 17.1. The third-order valence-electron chi connectivity index (χ3n) is 5.63. The van der Waals surface area contributed by atoms with Crippen molar-refractivity contribution in [3.05, 3.63) is 83.0 Å². The van der Waals surface area contributed by atoms with Gasteiger partial charge in [0.2, 0.25) is 0 Å². The number of rotatable bonds is 4. The molecule has 3 heterocycles. The molecule has 3 aliphatic rings. The highest BCUT2D eigenvalue weighted by Gasteiger charge is 2.33. The van der Waals surface area contributed by atoms with Crippen LogP contribution in [0, 0.1) is 6.92 Å². The number of piperazine rings is 1. The molecule has 4 rings (SSSR count). The number of allylic oxidation sites excluding steroid dienone is 3. The highest BCUT2D eigenvalue weighted by atomic mass is 19.4. The second-order valence-electron chi connectivity index (χ2n) is 7.62. The van der Waals surface area contributed by atoms with Gasteiger partial charge in [-0.15, -0.1) is 0 Å². The largest absolute Gasteiger partial charge is 0.416 e. The number of benzene rings is 1. The first-order chi connectivity index (χ1) is 14.3. The molecule has 3 aliphatic heterocycles. The Morgan fingerprint density at radius 2 is 1.90 bits per heavy atom. The zero-order chi connectivity index (χ0) is 21.3. The van der Waals surface area contributed by atoms with E-state index < -0.39 is 11.7 Å². The van der Waals surface area contributed by atoms with Gasteiger partial charge in [-0.1, -0.05) is 18.2 Å². The average molecular weight is 417 g/mol. The van der Waals surface area contributed by atoms with Crippen molar-refractivity contribution >= 4 is 0 Å². The van der Waals surface area contributed by atoms with Crippen LogP contribution in [0.2, 0.25) is 0 Å². The molecule has 0 spiro atoms. The van der Waals surface area contributed by atoms with Crippen LogP contribution >= 0.6 is 0 Å². The molecule has 0 aromatic heterocycles. The molecule has 8 heteroatoms. The SMILES string of the molecule is Cc1c([C@@H](C)NN2C=CC=C3C=CN(N4CCNCC4)C=C32)cccc1C(F)(F)F. The minimum absolute atomic E-state index is 0.252. The van der Waals surface area contributed by atoms with Gasteiger partial charge in [-0.25, -0.2) is 10.4 Å². The molecule has 1 saturated heterocycles. The molecule has 1 aromatic rings. The minimum atomic E-state index is -4.36. The first kappa shape index (κ1) is 20.7. The van der Waals surface area contributed by atoms with Crippen LogP contribution in [0.3, 0.4) is 0 Å². The van der Waals surface area contributed by atoms with Gasteiger partial charge in [0.15, 0.2) is 0 Å². The van der Waals surface area contributed by atoms with E-state index in [2.05, 4.69) is 33.0 Å². The topological polar surface area (TPSA) is 33.8 Å². The molecule has 2 N–H and O–H groups in total. The summed E-state index contributed by atoms with van der Waals surface area (Å²) in [5.41, 5.74) is 5.64. The van der Waals surface area contributed by atoms with E-state index in [1.165, 1.54) is 13.0 Å². The second kappa shape index (κ2) is 8.29. The minimum Gasteiger partial charge on any atom is -0.314 e. The molecule has 0 saturated carbocycles. The Labute approximate surface area is 174 Å². The highest BCUT2D eigenvalue weighted by Crippen LogP contribution is 2.35. The summed E-state index contributed by atoms with van der Waals surface area (Å²) in [6, 6.07) is 4.04. The van der Waals surface area contributed by atoms with Crippen molar-refractivity contribution in [2.75, 3.05) is 26.2 Å². The number of hydrogen-bond donors (Lipinski definition) is 2. The third kappa shape index (κ3) is 4.16. The lowest BCUT2D eigenvalue weighted by molar-refractivity contribution is -0.138. The molecule has 30 heavy (non-hydrogen) atoms. The van der Waals surface area contributed by atoms with Gasteiger partial charge >= 0.3 is 6.18 Å². The Hall–Kier alpha value is -2.55. The Balaban J connectivity index is 1.55. The molecule has 160 valence electrons. The van der Waals surface area contributed by atoms with Crippen LogP contribution in [-0.4, -0.2) is 41.2 Å². The van der Waals surface area contributed by atoms with Crippen molar-refractivity contribution in [1.82, 2.24) is 25.8 Å². The lowest BCUT2D eigenvalue weighted by Gasteiger charge is -2.39. The van der Waals surface area contributed by atoms with Crippen LogP contribution in [0.15, 0.2) is 66.3 Å². The fourth-order valence-electron chi connectivity index (χ4n) is 4.02. The summed E-state index contributed by atoms with van der Waals surface area (Å²) in [5.74, 6) is 0. The molecule has 1 aromatic carbocycles. The van der Waals surface area contributed by atoms with E-state index in [1.807, 2.05) is 36.5 Å². The number of hydrogen-bond acceptors (Lipinski definition) is 5. The van der Waals surface area contributed by atoms with Crippen LogP contribution in [0.25, 0.3) is 0 Å². The van der Waals surface area contributed by atoms with Crippen molar-refractivity contribution in [2.24, 2.45) is 0 Å². The van der Waals surface area contributed by atoms with Crippen molar-refractivity contribution in [2.45, 2.75) is 26.1 Å². The highest BCUT2D eigenvalue weighted by molar-refractivity contribution is 5.46. The van der Waals surface area contributed by atoms with Gasteiger partial charge in [-0.2, -0.15) is 13.2 Å². The fourth-order valence-corrected chi connectivity index (χ4v) is 4.02. The molecule has 0 bridgehead atoms. The number of hydrazine groups is 2. The van der Waals surface area contributed by atoms with Crippen molar-refractivity contribution < 1.29 is 13.2 Å². The predicted octanol–water partition coefficient (Wildman–Crippen LogP) is 3.83. The van der Waals surface area contributed by atoms with Gasteiger partial charge in [-0.3, -0.25) is 10.0 Å². The summed E-state index contributed by atoms with van der Waals surface area (Å²) in [4.78, 5) is 0. The lowest BCUT2D eigenvalue weighted by Crippen LogP contribution is -2.49. The van der Waals surface area contributed by atoms with Gasteiger partial charge in [0.1, 0.15) is 0 Å². The Morgan fingerprint density at radius 1 is 1.13 bits per heavy atom. The van der Waals surface area contributed by atoms with Gasteiger partial charge < -0.3 is 5.32 Å². The van der Waals surface area contributed by atoms with Gasteiger partial charge in [0.25, 0.3) is 0 Å². The van der Waals surface area contributed by atoms with E-state index >= 15 is 0 Å². The van der Waals surface area contributed by atoms with E-state index in [-0.39, 0.29) is 11.6 Å². The summed E-state index contributed by atoms with van der Waals surface area (Å²) in [6.45, 7) is 7.10. The van der Waals surface area contributed by atoms with Crippen LogP contribution in [-0.2, 0) is 6.18 Å². The molecule has 1 atom stereocenters. The van der Waals surface area contributed by atoms with E-state index in [1.54, 1.807) is 6.07 Å². The maximum Gasteiger partial charge on any atom is 0.416 e. The lowest BCUT2D eigenvalue weighted by atomic mass is 9.97. The zero-order valence-electron chi connectivity index (χ0n) is 17.1. The number of nitrogens with zero attached hydrogens (tertiary/aromatic N) is 3. The number of fused-ring (bicyclic) bond motifs is 1. The molecule has 0 amide bonds. The Morgan fingerprint density at radius 3 is 2.63 bits per heavy atom. The Bertz CT molecular complexity index is 910. The number of halogens is 3. The smallest absolute Gasteiger partial charge is 0.314 e. The van der Waals surface area contributed by atoms with Gasteiger partial charge in [0, 0.05) is 56.4 Å². The van der Waals surface area contributed by atoms with Gasteiger partial charge in [-0.05, 0) is 43.2 Å². The molecular formula is C22H26F3N5. The summed E-state index contributed by atoms with van der Waals surface area (Å²) in [7, 11) is 0. The van der Waals surface area contributed by atoms with Gasteiger partial charge in [0.05, 0.1) is 11.3 Å². The molecular weight excluding hydrogens is 391 g/mol. The normalized spacial score (nSPS) is 20.7. The molecule has 1 fully saturated rings. The molecule has 0 aliphatic carbocycles. The van der Waals surface area contributed by atoms with Crippen molar-refractivity contribution in [1.29, 1.82) is 0 Å². The monoisotopic (exact) mass is 417 g/mol. The van der Waals surface area contributed by atoms with Crippen LogP contribution < -0.4 is 10.7 Å². The molecule has 0 unspecified atom stereocenters. The maximum atomic E-state index is 13.3. The molecule has 0 radical (unpaired) electrons. The van der Waals surface area contributed by atoms with Crippen LogP contribution in [0.1, 0.15) is 29.7 Å². The summed E-state index contributed by atoms with van der Waals surface area (Å²) in [5, 5.41) is 9.57. The molecule has 5 nitrogen and oxygen atoms in total. The van der Waals surface area contributed by atoms with Crippen LogP contribution in [0.5, 0.6) is 0 Å². The average Bonchev–Trinajstić information content (AvgIpc) is 2.73. The van der Waals surface area contributed by atoms with E-state index in [4.69, 9.17) is 0 Å². The van der Waals surface area contributed by atoms with Crippen molar-refractivity contribution in [3.63, 3.8) is 0 Å². The number of alkyl halides is 3. The summed E-state index contributed by atoms with van der Waals surface area (Å²) >= 11 is 0. The standard InChI is InChI=1S/C22H26F3N5/c1-16-19(6-3-7-20(16)22(23,24)25)17(2)27-30-11-4-5-18-8-12-29(15-21(18)30)28-13-9-26-10-14-28/h3-8,11-12,15,17,26-27H,9-10,13-14H2,1-2H3/t17-/m1/s1. The van der Waals surface area contributed by atoms with Crippen molar-refractivity contribution in [3.8, 4) is 0 Å². The predicted molar refractivity (Wildman–Crippen MR) is 110 cm³/mol. The first-order valence-corrected chi connectivity index (χ1v) is 10.1. The first-order valence-electron chi connectivity index (χ1n) is 10.1. The maximum absolute atomic E-state index is 13.3.